The third-order valence-corrected chi connectivity index (χ3v) is 5.13. The van der Waals surface area contributed by atoms with Crippen molar-refractivity contribution in [2.75, 3.05) is 11.9 Å². The van der Waals surface area contributed by atoms with Gasteiger partial charge in [0.15, 0.2) is 11.5 Å². The highest BCUT2D eigenvalue weighted by Crippen LogP contribution is 2.41. The maximum atomic E-state index is 13.9. The number of hydrogen-bond donors (Lipinski definition) is 1. The number of nitrogens with zero attached hydrogens (tertiary/aromatic N) is 3. The molecule has 4 rings (SSSR count). The van der Waals surface area contributed by atoms with Crippen LogP contribution in [0.1, 0.15) is 30.5 Å². The van der Waals surface area contributed by atoms with Gasteiger partial charge in [0.25, 0.3) is 0 Å². The summed E-state index contributed by atoms with van der Waals surface area (Å²) in [6.07, 6.45) is 1.63. The molecule has 0 aliphatic carbocycles. The lowest BCUT2D eigenvalue weighted by atomic mass is 10.0. The van der Waals surface area contributed by atoms with Crippen LogP contribution in [-0.2, 0) is 11.4 Å². The highest BCUT2D eigenvalue weighted by molar-refractivity contribution is 9.10. The summed E-state index contributed by atoms with van der Waals surface area (Å²) < 4.78 is 27.9. The molecule has 0 spiro atoms. The van der Waals surface area contributed by atoms with Crippen molar-refractivity contribution in [3.63, 3.8) is 0 Å². The number of aromatic nitrogens is 3. The zero-order chi connectivity index (χ0) is 20.4. The molecule has 0 saturated heterocycles. The first kappa shape index (κ1) is 19.4. The zero-order valence-corrected chi connectivity index (χ0v) is 17.1. The average Bonchev–Trinajstić information content (AvgIpc) is 3.16. The van der Waals surface area contributed by atoms with Crippen LogP contribution >= 0.6 is 15.9 Å². The van der Waals surface area contributed by atoms with Crippen molar-refractivity contribution in [1.29, 1.82) is 0 Å². The van der Waals surface area contributed by atoms with Crippen molar-refractivity contribution in [3.05, 3.63) is 64.1 Å². The molecule has 9 heteroatoms. The molecular formula is C20H18BrFN4O3. The monoisotopic (exact) mass is 460 g/mol. The van der Waals surface area contributed by atoms with Gasteiger partial charge in [0, 0.05) is 5.56 Å². The van der Waals surface area contributed by atoms with Gasteiger partial charge in [0.2, 0.25) is 11.9 Å². The van der Waals surface area contributed by atoms with E-state index in [9.17, 15) is 9.18 Å². The van der Waals surface area contributed by atoms with Gasteiger partial charge in [-0.3, -0.25) is 10.1 Å². The van der Waals surface area contributed by atoms with Crippen LogP contribution in [0.15, 0.2) is 47.2 Å². The predicted molar refractivity (Wildman–Crippen MR) is 107 cm³/mol. The Hall–Kier alpha value is -2.94. The molecule has 1 aromatic heterocycles. The van der Waals surface area contributed by atoms with E-state index in [1.165, 1.54) is 12.4 Å². The molecule has 2 heterocycles. The van der Waals surface area contributed by atoms with E-state index in [1.807, 2.05) is 19.1 Å². The first-order chi connectivity index (χ1) is 14.1. The molecule has 1 aliphatic heterocycles. The number of rotatable bonds is 6. The minimum Gasteiger partial charge on any atom is -0.490 e. The Kier molecular flexibility index (Phi) is 5.48. The zero-order valence-electron chi connectivity index (χ0n) is 15.6. The smallest absolute Gasteiger partial charge is 0.229 e. The molecule has 2 aromatic carbocycles. The number of halogens is 2. The topological polar surface area (TPSA) is 78.3 Å². The molecule has 0 bridgehead atoms. The van der Waals surface area contributed by atoms with Gasteiger partial charge in [-0.1, -0.05) is 18.2 Å². The fourth-order valence-corrected chi connectivity index (χ4v) is 3.79. The molecule has 29 heavy (non-hydrogen) atoms. The first-order valence-corrected chi connectivity index (χ1v) is 9.88. The lowest BCUT2D eigenvalue weighted by molar-refractivity contribution is -0.117. The molecule has 7 nitrogen and oxygen atoms in total. The van der Waals surface area contributed by atoms with Crippen molar-refractivity contribution < 1.29 is 18.7 Å². The third kappa shape index (κ3) is 3.95. The summed E-state index contributed by atoms with van der Waals surface area (Å²) in [7, 11) is 0. The van der Waals surface area contributed by atoms with Crippen LogP contribution in [0.25, 0.3) is 0 Å². The van der Waals surface area contributed by atoms with Crippen LogP contribution in [0, 0.1) is 5.82 Å². The SMILES string of the molecule is CCOc1cc([C@@H]2CC(=O)Nc3ncnn32)cc(Br)c1OCc1ccccc1F. The fourth-order valence-electron chi connectivity index (χ4n) is 3.21. The molecule has 1 amide bonds. The van der Waals surface area contributed by atoms with Crippen LogP contribution in [0.5, 0.6) is 11.5 Å². The van der Waals surface area contributed by atoms with Gasteiger partial charge >= 0.3 is 0 Å². The molecular weight excluding hydrogens is 443 g/mol. The molecule has 0 fully saturated rings. The number of anilines is 1. The summed E-state index contributed by atoms with van der Waals surface area (Å²) in [4.78, 5) is 16.1. The largest absolute Gasteiger partial charge is 0.490 e. The van der Waals surface area contributed by atoms with Gasteiger partial charge in [-0.05, 0) is 46.6 Å². The van der Waals surface area contributed by atoms with E-state index < -0.39 is 0 Å². The Morgan fingerprint density at radius 1 is 1.31 bits per heavy atom. The molecule has 0 radical (unpaired) electrons. The van der Waals surface area contributed by atoms with Crippen molar-refractivity contribution in [2.45, 2.75) is 26.0 Å². The quantitative estimate of drug-likeness (QED) is 0.599. The summed E-state index contributed by atoms with van der Waals surface area (Å²) in [5.41, 5.74) is 1.27. The number of hydrogen-bond acceptors (Lipinski definition) is 5. The number of nitrogens with one attached hydrogen (secondary N) is 1. The fraction of sp³-hybridized carbons (Fsp3) is 0.250. The van der Waals surface area contributed by atoms with Gasteiger partial charge in [-0.15, -0.1) is 0 Å². The van der Waals surface area contributed by atoms with Gasteiger partial charge in [0.05, 0.1) is 23.5 Å². The summed E-state index contributed by atoms with van der Waals surface area (Å²) in [6.45, 7) is 2.35. The van der Waals surface area contributed by atoms with Crippen LogP contribution in [0.3, 0.4) is 0 Å². The number of carbonyl (C=O) groups excluding carboxylic acids is 1. The van der Waals surface area contributed by atoms with Crippen molar-refractivity contribution in [3.8, 4) is 11.5 Å². The maximum Gasteiger partial charge on any atom is 0.229 e. The minimum atomic E-state index is -0.329. The Balaban J connectivity index is 1.67. The standard InChI is InChI=1S/C20H18BrFN4O3/c1-2-28-17-8-13(16-9-18(27)25-20-23-11-24-26(16)20)7-14(21)19(17)29-10-12-5-3-4-6-15(12)22/h3-8,11,16H,2,9-10H2,1H3,(H,23,24,25,27)/t16-/m0/s1. The van der Waals surface area contributed by atoms with Crippen molar-refractivity contribution >= 4 is 27.8 Å². The van der Waals surface area contributed by atoms with E-state index in [0.717, 1.165) is 5.56 Å². The van der Waals surface area contributed by atoms with Crippen LogP contribution in [0.2, 0.25) is 0 Å². The van der Waals surface area contributed by atoms with E-state index in [1.54, 1.807) is 22.9 Å². The van der Waals surface area contributed by atoms with E-state index >= 15 is 0 Å². The summed E-state index contributed by atoms with van der Waals surface area (Å²) in [5, 5.41) is 6.92. The highest BCUT2D eigenvalue weighted by atomic mass is 79.9. The first-order valence-electron chi connectivity index (χ1n) is 9.08. The highest BCUT2D eigenvalue weighted by Gasteiger charge is 2.29. The molecule has 150 valence electrons. The van der Waals surface area contributed by atoms with Crippen LogP contribution in [-0.4, -0.2) is 27.3 Å². The number of benzene rings is 2. The van der Waals surface area contributed by atoms with E-state index in [-0.39, 0.29) is 30.8 Å². The summed E-state index contributed by atoms with van der Waals surface area (Å²) in [5.74, 6) is 0.911. The second-order valence-corrected chi connectivity index (χ2v) is 7.29. The maximum absolute atomic E-state index is 13.9. The minimum absolute atomic E-state index is 0.0593. The van der Waals surface area contributed by atoms with Crippen LogP contribution in [0.4, 0.5) is 10.3 Å². The van der Waals surface area contributed by atoms with E-state index in [0.29, 0.717) is 34.1 Å². The van der Waals surface area contributed by atoms with E-state index in [4.69, 9.17) is 9.47 Å². The molecule has 1 N–H and O–H groups in total. The summed E-state index contributed by atoms with van der Waals surface area (Å²) >= 11 is 3.53. The second-order valence-electron chi connectivity index (χ2n) is 6.44. The Bertz CT molecular complexity index is 1060. The number of carbonyl (C=O) groups is 1. The molecule has 1 atom stereocenters. The second kappa shape index (κ2) is 8.20. The Morgan fingerprint density at radius 3 is 2.93 bits per heavy atom. The molecule has 0 unspecified atom stereocenters. The lowest BCUT2D eigenvalue weighted by Gasteiger charge is -2.25. The third-order valence-electron chi connectivity index (χ3n) is 4.54. The van der Waals surface area contributed by atoms with Crippen LogP contribution < -0.4 is 14.8 Å². The number of amides is 1. The Morgan fingerprint density at radius 2 is 2.14 bits per heavy atom. The van der Waals surface area contributed by atoms with Gasteiger partial charge < -0.3 is 9.47 Å². The molecule has 0 saturated carbocycles. The molecule has 1 aliphatic rings. The normalized spacial score (nSPS) is 15.6. The average molecular weight is 461 g/mol. The number of fused-ring (bicyclic) bond motifs is 1. The number of ether oxygens (including phenoxy) is 2. The summed E-state index contributed by atoms with van der Waals surface area (Å²) in [6, 6.07) is 9.81. The molecule has 3 aromatic rings. The van der Waals surface area contributed by atoms with Gasteiger partial charge in [-0.25, -0.2) is 9.07 Å². The van der Waals surface area contributed by atoms with Gasteiger partial charge in [-0.2, -0.15) is 10.1 Å². The predicted octanol–water partition coefficient (Wildman–Crippen LogP) is 4.09. The van der Waals surface area contributed by atoms with E-state index in [2.05, 4.69) is 31.3 Å². The van der Waals surface area contributed by atoms with Gasteiger partial charge in [0.1, 0.15) is 18.8 Å². The Labute approximate surface area is 175 Å². The van der Waals surface area contributed by atoms with Crippen molar-refractivity contribution in [1.82, 2.24) is 14.8 Å². The lowest BCUT2D eigenvalue weighted by Crippen LogP contribution is -2.29. The van der Waals surface area contributed by atoms with Crippen molar-refractivity contribution in [2.24, 2.45) is 0 Å².